The Hall–Kier alpha value is -4.32. The van der Waals surface area contributed by atoms with Crippen LogP contribution in [0.5, 0.6) is 0 Å². The number of hydrogen-bond donors (Lipinski definition) is 1. The second kappa shape index (κ2) is 10.3. The number of rotatable bonds is 6. The van der Waals surface area contributed by atoms with Gasteiger partial charge in [0.1, 0.15) is 12.6 Å². The van der Waals surface area contributed by atoms with Crippen LogP contribution in [0.1, 0.15) is 43.6 Å². The third kappa shape index (κ3) is 4.75. The van der Waals surface area contributed by atoms with Crippen molar-refractivity contribution in [2.75, 3.05) is 16.8 Å². The van der Waals surface area contributed by atoms with E-state index in [1.54, 1.807) is 4.90 Å². The summed E-state index contributed by atoms with van der Waals surface area (Å²) in [5.41, 5.74) is 5.66. The highest BCUT2D eigenvalue weighted by Crippen LogP contribution is 2.42. The largest absolute Gasteiger partial charge is 0.322 e. The first-order valence-electron chi connectivity index (χ1n) is 12.8. The SMILES string of the molecule is CCc1cccc(NC(=O)N(CC(=O)N2c3ccccc3-n3cccc3C2c2ccccc2)C(C)C)c1. The van der Waals surface area contributed by atoms with Gasteiger partial charge in [-0.1, -0.05) is 61.5 Å². The summed E-state index contributed by atoms with van der Waals surface area (Å²) >= 11 is 0. The van der Waals surface area contributed by atoms with Crippen LogP contribution < -0.4 is 10.2 Å². The molecule has 1 aliphatic rings. The fourth-order valence-electron chi connectivity index (χ4n) is 4.99. The predicted octanol–water partition coefficient (Wildman–Crippen LogP) is 6.42. The van der Waals surface area contributed by atoms with Crippen molar-refractivity contribution in [1.82, 2.24) is 9.47 Å². The fourth-order valence-corrected chi connectivity index (χ4v) is 4.99. The van der Waals surface area contributed by atoms with Crippen LogP contribution in [0.3, 0.4) is 0 Å². The van der Waals surface area contributed by atoms with Crippen LogP contribution in [-0.4, -0.2) is 34.0 Å². The number of benzene rings is 3. The normalized spacial score (nSPS) is 14.2. The summed E-state index contributed by atoms with van der Waals surface area (Å²) in [6.45, 7) is 5.89. The Bertz CT molecular complexity index is 1410. The molecule has 4 aromatic rings. The van der Waals surface area contributed by atoms with Gasteiger partial charge in [0.2, 0.25) is 5.91 Å². The fraction of sp³-hybridized carbons (Fsp3) is 0.226. The van der Waals surface area contributed by atoms with Crippen molar-refractivity contribution in [2.24, 2.45) is 0 Å². The average molecular weight is 493 g/mol. The maximum atomic E-state index is 14.1. The highest BCUT2D eigenvalue weighted by atomic mass is 16.2. The van der Waals surface area contributed by atoms with E-state index in [2.05, 4.69) is 22.9 Å². The number of para-hydroxylation sites is 2. The van der Waals surface area contributed by atoms with E-state index in [0.29, 0.717) is 0 Å². The standard InChI is InChI=1S/C31H32N4O2/c1-4-23-12-10-15-25(20-23)32-31(37)34(22(2)3)21-29(36)35-27-17-9-8-16-26(27)33-19-11-18-28(33)30(35)24-13-6-5-7-14-24/h5-20,22,30H,4,21H2,1-3H3,(H,32,37). The zero-order chi connectivity index (χ0) is 25.9. The Morgan fingerprint density at radius 3 is 2.35 bits per heavy atom. The van der Waals surface area contributed by atoms with Gasteiger partial charge in [-0.15, -0.1) is 0 Å². The number of carbonyl (C=O) groups excluding carboxylic acids is 2. The summed E-state index contributed by atoms with van der Waals surface area (Å²) in [7, 11) is 0. The zero-order valence-electron chi connectivity index (χ0n) is 21.5. The number of fused-ring (bicyclic) bond motifs is 3. The van der Waals surface area contributed by atoms with Crippen molar-refractivity contribution in [3.05, 3.63) is 114 Å². The highest BCUT2D eigenvalue weighted by molar-refractivity contribution is 6.01. The average Bonchev–Trinajstić information content (AvgIpc) is 3.41. The van der Waals surface area contributed by atoms with Crippen molar-refractivity contribution < 1.29 is 9.59 Å². The molecule has 0 saturated heterocycles. The Balaban J connectivity index is 1.49. The second-order valence-electron chi connectivity index (χ2n) is 9.57. The lowest BCUT2D eigenvalue weighted by Crippen LogP contribution is -2.49. The number of carbonyl (C=O) groups is 2. The van der Waals surface area contributed by atoms with Crippen molar-refractivity contribution in [1.29, 1.82) is 0 Å². The molecule has 5 rings (SSSR count). The summed E-state index contributed by atoms with van der Waals surface area (Å²) in [6, 6.07) is 29.1. The molecular formula is C31H32N4O2. The number of urea groups is 1. The zero-order valence-corrected chi connectivity index (χ0v) is 21.5. The number of aromatic nitrogens is 1. The van der Waals surface area contributed by atoms with E-state index in [0.717, 1.165) is 40.3 Å². The molecule has 2 heterocycles. The van der Waals surface area contributed by atoms with E-state index >= 15 is 0 Å². The summed E-state index contributed by atoms with van der Waals surface area (Å²) in [4.78, 5) is 31.0. The van der Waals surface area contributed by atoms with Crippen LogP contribution >= 0.6 is 0 Å². The first-order valence-corrected chi connectivity index (χ1v) is 12.8. The van der Waals surface area contributed by atoms with Crippen LogP contribution in [0.15, 0.2) is 97.2 Å². The molecule has 0 aliphatic carbocycles. The van der Waals surface area contributed by atoms with Crippen molar-refractivity contribution in [3.8, 4) is 5.69 Å². The Labute approximate surface area is 218 Å². The Morgan fingerprint density at radius 2 is 1.62 bits per heavy atom. The number of hydrogen-bond acceptors (Lipinski definition) is 2. The topological polar surface area (TPSA) is 57.6 Å². The first-order chi connectivity index (χ1) is 18.0. The van der Waals surface area contributed by atoms with E-state index in [9.17, 15) is 9.59 Å². The van der Waals surface area contributed by atoms with E-state index in [4.69, 9.17) is 0 Å². The summed E-state index contributed by atoms with van der Waals surface area (Å²) in [5, 5.41) is 2.99. The molecule has 0 fully saturated rings. The number of aryl methyl sites for hydroxylation is 1. The van der Waals surface area contributed by atoms with Gasteiger partial charge in [0, 0.05) is 17.9 Å². The Morgan fingerprint density at radius 1 is 0.892 bits per heavy atom. The third-order valence-electron chi connectivity index (χ3n) is 6.88. The van der Waals surface area contributed by atoms with Gasteiger partial charge in [-0.2, -0.15) is 0 Å². The lowest BCUT2D eigenvalue weighted by molar-refractivity contribution is -0.119. The van der Waals surface area contributed by atoms with E-state index < -0.39 is 0 Å². The van der Waals surface area contributed by atoms with Crippen molar-refractivity contribution >= 4 is 23.3 Å². The maximum Gasteiger partial charge on any atom is 0.322 e. The van der Waals surface area contributed by atoms with E-state index in [-0.39, 0.29) is 30.6 Å². The van der Waals surface area contributed by atoms with Gasteiger partial charge in [0.15, 0.2) is 0 Å². The van der Waals surface area contributed by atoms with Crippen LogP contribution in [-0.2, 0) is 11.2 Å². The number of amides is 3. The molecule has 3 aromatic carbocycles. The molecule has 0 radical (unpaired) electrons. The summed E-state index contributed by atoms with van der Waals surface area (Å²) in [5.74, 6) is -0.139. The summed E-state index contributed by atoms with van der Waals surface area (Å²) in [6.07, 6.45) is 2.91. The van der Waals surface area contributed by atoms with Crippen LogP contribution in [0, 0.1) is 0 Å². The lowest BCUT2D eigenvalue weighted by Gasteiger charge is -2.40. The van der Waals surface area contributed by atoms with Gasteiger partial charge in [0.25, 0.3) is 0 Å². The minimum Gasteiger partial charge on any atom is -0.316 e. The van der Waals surface area contributed by atoms with Gasteiger partial charge in [0.05, 0.1) is 17.1 Å². The number of nitrogens with zero attached hydrogens (tertiary/aromatic N) is 3. The van der Waals surface area contributed by atoms with Gasteiger partial charge in [-0.05, 0) is 67.8 Å². The monoisotopic (exact) mass is 492 g/mol. The molecule has 37 heavy (non-hydrogen) atoms. The van der Waals surface area contributed by atoms with Crippen molar-refractivity contribution in [3.63, 3.8) is 0 Å². The molecule has 3 amide bonds. The van der Waals surface area contributed by atoms with Crippen molar-refractivity contribution in [2.45, 2.75) is 39.3 Å². The van der Waals surface area contributed by atoms with Gasteiger partial charge in [-0.25, -0.2) is 4.79 Å². The minimum atomic E-state index is -0.308. The Kier molecular flexibility index (Phi) is 6.82. The quantitative estimate of drug-likeness (QED) is 0.338. The third-order valence-corrected chi connectivity index (χ3v) is 6.88. The second-order valence-corrected chi connectivity index (χ2v) is 9.57. The molecule has 1 aliphatic heterocycles. The molecule has 1 N–H and O–H groups in total. The molecule has 6 nitrogen and oxygen atoms in total. The van der Waals surface area contributed by atoms with Crippen LogP contribution in [0.2, 0.25) is 0 Å². The first kappa shape index (κ1) is 24.4. The molecule has 0 spiro atoms. The summed E-state index contributed by atoms with van der Waals surface area (Å²) < 4.78 is 2.14. The van der Waals surface area contributed by atoms with Crippen LogP contribution in [0.4, 0.5) is 16.2 Å². The lowest BCUT2D eigenvalue weighted by atomic mass is 9.97. The molecule has 1 aromatic heterocycles. The molecule has 6 heteroatoms. The minimum absolute atomic E-state index is 0.0463. The predicted molar refractivity (Wildman–Crippen MR) is 148 cm³/mol. The van der Waals surface area contributed by atoms with E-state index in [1.807, 2.05) is 110 Å². The number of nitrogens with one attached hydrogen (secondary N) is 1. The molecule has 0 saturated carbocycles. The molecule has 1 unspecified atom stereocenters. The number of anilines is 2. The van der Waals surface area contributed by atoms with Gasteiger partial charge < -0.3 is 14.8 Å². The smallest absolute Gasteiger partial charge is 0.316 e. The van der Waals surface area contributed by atoms with Gasteiger partial charge >= 0.3 is 6.03 Å². The molecule has 0 bridgehead atoms. The molecular weight excluding hydrogens is 460 g/mol. The van der Waals surface area contributed by atoms with Crippen LogP contribution in [0.25, 0.3) is 5.69 Å². The van der Waals surface area contributed by atoms with E-state index in [1.165, 1.54) is 0 Å². The molecule has 1 atom stereocenters. The molecule has 188 valence electrons. The van der Waals surface area contributed by atoms with Gasteiger partial charge in [-0.3, -0.25) is 9.69 Å². The maximum absolute atomic E-state index is 14.1. The highest BCUT2D eigenvalue weighted by Gasteiger charge is 2.37.